The van der Waals surface area contributed by atoms with Gasteiger partial charge in [-0.3, -0.25) is 4.79 Å². The molecule has 0 spiro atoms. The zero-order valence-corrected chi connectivity index (χ0v) is 12.5. The van der Waals surface area contributed by atoms with Crippen LogP contribution in [0.5, 0.6) is 0 Å². The van der Waals surface area contributed by atoms with Gasteiger partial charge in [0.25, 0.3) is 0 Å². The first-order valence-corrected chi connectivity index (χ1v) is 6.56. The summed E-state index contributed by atoms with van der Waals surface area (Å²) in [6, 6.07) is 8.13. The summed E-state index contributed by atoms with van der Waals surface area (Å²) in [5.41, 5.74) is 1.11. The van der Waals surface area contributed by atoms with Crippen molar-refractivity contribution in [2.45, 2.75) is 6.42 Å². The Bertz CT molecular complexity index is 381. The van der Waals surface area contributed by atoms with E-state index in [1.165, 1.54) is 3.57 Å². The number of nitrogens with zero attached hydrogens (tertiary/aromatic N) is 1. The van der Waals surface area contributed by atoms with Gasteiger partial charge in [-0.2, -0.15) is 0 Å². The lowest BCUT2D eigenvalue weighted by atomic mass is 10.1. The standard InChI is InChI=1S/C12H15IN2O.ClH/c13-11-3-1-2-10(8-11)9-12(16)15-6-4-14-5-7-15;/h1-3,8,14H,4-7,9H2;1H. The molecule has 1 aromatic rings. The number of hydrogen-bond donors (Lipinski definition) is 1. The Morgan fingerprint density at radius 1 is 1.35 bits per heavy atom. The molecule has 1 amide bonds. The van der Waals surface area contributed by atoms with Crippen molar-refractivity contribution in [3.8, 4) is 0 Å². The van der Waals surface area contributed by atoms with Crippen molar-refractivity contribution in [1.29, 1.82) is 0 Å². The van der Waals surface area contributed by atoms with Crippen LogP contribution >= 0.6 is 35.0 Å². The molecule has 1 saturated heterocycles. The molecule has 1 heterocycles. The minimum Gasteiger partial charge on any atom is -0.340 e. The molecule has 17 heavy (non-hydrogen) atoms. The first-order chi connectivity index (χ1) is 7.75. The zero-order chi connectivity index (χ0) is 11.4. The topological polar surface area (TPSA) is 32.3 Å². The van der Waals surface area contributed by atoms with Gasteiger partial charge in [-0.25, -0.2) is 0 Å². The Hall–Kier alpha value is -0.330. The lowest BCUT2D eigenvalue weighted by Gasteiger charge is -2.27. The van der Waals surface area contributed by atoms with Crippen LogP contribution in [0.4, 0.5) is 0 Å². The minimum atomic E-state index is 0. The van der Waals surface area contributed by atoms with Crippen LogP contribution in [-0.2, 0) is 11.2 Å². The predicted molar refractivity (Wildman–Crippen MR) is 79.6 cm³/mol. The molecule has 0 radical (unpaired) electrons. The van der Waals surface area contributed by atoms with Crippen LogP contribution < -0.4 is 5.32 Å². The van der Waals surface area contributed by atoms with E-state index >= 15 is 0 Å². The van der Waals surface area contributed by atoms with Crippen LogP contribution in [0.2, 0.25) is 0 Å². The largest absolute Gasteiger partial charge is 0.340 e. The number of nitrogens with one attached hydrogen (secondary N) is 1. The van der Waals surface area contributed by atoms with Crippen LogP contribution in [0.15, 0.2) is 24.3 Å². The van der Waals surface area contributed by atoms with E-state index in [4.69, 9.17) is 0 Å². The van der Waals surface area contributed by atoms with E-state index in [1.54, 1.807) is 0 Å². The van der Waals surface area contributed by atoms with Crippen LogP contribution in [0.3, 0.4) is 0 Å². The second-order valence-corrected chi connectivity index (χ2v) is 5.18. The second kappa shape index (κ2) is 7.18. The van der Waals surface area contributed by atoms with E-state index < -0.39 is 0 Å². The molecule has 2 rings (SSSR count). The molecule has 1 fully saturated rings. The highest BCUT2D eigenvalue weighted by atomic mass is 127. The Kier molecular flexibility index (Phi) is 6.22. The average Bonchev–Trinajstić information content (AvgIpc) is 2.30. The summed E-state index contributed by atoms with van der Waals surface area (Å²) >= 11 is 2.27. The van der Waals surface area contributed by atoms with Gasteiger partial charge in [-0.05, 0) is 40.3 Å². The number of rotatable bonds is 2. The number of hydrogen-bond acceptors (Lipinski definition) is 2. The molecular weight excluding hydrogens is 351 g/mol. The van der Waals surface area contributed by atoms with Gasteiger partial charge >= 0.3 is 0 Å². The van der Waals surface area contributed by atoms with Crippen molar-refractivity contribution in [2.75, 3.05) is 26.2 Å². The molecule has 0 aromatic heterocycles. The zero-order valence-electron chi connectivity index (χ0n) is 9.49. The highest BCUT2D eigenvalue weighted by Gasteiger charge is 2.16. The molecule has 5 heteroatoms. The third kappa shape index (κ3) is 4.44. The summed E-state index contributed by atoms with van der Waals surface area (Å²) in [6.45, 7) is 3.50. The number of carbonyl (C=O) groups is 1. The molecule has 0 atom stereocenters. The molecular formula is C12H16ClIN2O. The molecule has 1 aliphatic rings. The first-order valence-electron chi connectivity index (χ1n) is 5.48. The van der Waals surface area contributed by atoms with Gasteiger partial charge in [-0.15, -0.1) is 12.4 Å². The lowest BCUT2D eigenvalue weighted by molar-refractivity contribution is -0.131. The van der Waals surface area contributed by atoms with Gasteiger partial charge in [-0.1, -0.05) is 12.1 Å². The molecule has 1 aromatic carbocycles. The fraction of sp³-hybridized carbons (Fsp3) is 0.417. The van der Waals surface area contributed by atoms with Gasteiger partial charge in [0.05, 0.1) is 6.42 Å². The van der Waals surface area contributed by atoms with Gasteiger partial charge in [0, 0.05) is 29.7 Å². The smallest absolute Gasteiger partial charge is 0.227 e. The molecule has 94 valence electrons. The van der Waals surface area contributed by atoms with Crippen LogP contribution in [0, 0.1) is 3.57 Å². The maximum atomic E-state index is 12.0. The summed E-state index contributed by atoms with van der Waals surface area (Å²) in [5.74, 6) is 0.239. The summed E-state index contributed by atoms with van der Waals surface area (Å²) in [5, 5.41) is 3.25. The van der Waals surface area contributed by atoms with Crippen molar-refractivity contribution in [3.63, 3.8) is 0 Å². The van der Waals surface area contributed by atoms with Crippen LogP contribution in [0.1, 0.15) is 5.56 Å². The highest BCUT2D eigenvalue weighted by Crippen LogP contribution is 2.09. The van der Waals surface area contributed by atoms with Gasteiger partial charge in [0.15, 0.2) is 0 Å². The van der Waals surface area contributed by atoms with E-state index in [-0.39, 0.29) is 18.3 Å². The molecule has 0 aliphatic carbocycles. The first kappa shape index (κ1) is 14.7. The number of amides is 1. The Balaban J connectivity index is 0.00000144. The SMILES string of the molecule is Cl.O=C(Cc1cccc(I)c1)N1CCNCC1. The third-order valence-electron chi connectivity index (χ3n) is 2.71. The number of halogens is 2. The maximum absolute atomic E-state index is 12.0. The number of carbonyl (C=O) groups excluding carboxylic acids is 1. The van der Waals surface area contributed by atoms with Crippen LogP contribution in [0.25, 0.3) is 0 Å². The van der Waals surface area contributed by atoms with E-state index in [0.29, 0.717) is 6.42 Å². The van der Waals surface area contributed by atoms with Crippen molar-refractivity contribution < 1.29 is 4.79 Å². The molecule has 0 bridgehead atoms. The average molecular weight is 367 g/mol. The molecule has 1 aliphatic heterocycles. The van der Waals surface area contributed by atoms with Crippen molar-refractivity contribution in [3.05, 3.63) is 33.4 Å². The van der Waals surface area contributed by atoms with E-state index in [0.717, 1.165) is 31.7 Å². The highest BCUT2D eigenvalue weighted by molar-refractivity contribution is 14.1. The minimum absolute atomic E-state index is 0. The fourth-order valence-electron chi connectivity index (χ4n) is 1.85. The molecule has 1 N–H and O–H groups in total. The van der Waals surface area contributed by atoms with Gasteiger partial charge in [0.1, 0.15) is 0 Å². The third-order valence-corrected chi connectivity index (χ3v) is 3.39. The summed E-state index contributed by atoms with van der Waals surface area (Å²) in [7, 11) is 0. The molecule has 0 unspecified atom stereocenters. The molecule has 3 nitrogen and oxygen atoms in total. The molecule has 0 saturated carbocycles. The Labute approximate surface area is 122 Å². The van der Waals surface area contributed by atoms with E-state index in [2.05, 4.69) is 34.0 Å². The van der Waals surface area contributed by atoms with Crippen LogP contribution in [-0.4, -0.2) is 37.0 Å². The van der Waals surface area contributed by atoms with Gasteiger partial charge in [0.2, 0.25) is 5.91 Å². The predicted octanol–water partition coefficient (Wildman–Crippen LogP) is 1.69. The Morgan fingerprint density at radius 3 is 2.71 bits per heavy atom. The second-order valence-electron chi connectivity index (χ2n) is 3.94. The normalized spacial score (nSPS) is 15.2. The Morgan fingerprint density at radius 2 is 2.06 bits per heavy atom. The van der Waals surface area contributed by atoms with Crippen molar-refractivity contribution in [1.82, 2.24) is 10.2 Å². The quantitative estimate of drug-likeness (QED) is 0.808. The lowest BCUT2D eigenvalue weighted by Crippen LogP contribution is -2.46. The maximum Gasteiger partial charge on any atom is 0.227 e. The summed E-state index contributed by atoms with van der Waals surface area (Å²) in [4.78, 5) is 13.9. The van der Waals surface area contributed by atoms with Crippen molar-refractivity contribution in [2.24, 2.45) is 0 Å². The fourth-order valence-corrected chi connectivity index (χ4v) is 2.46. The number of benzene rings is 1. The number of piperazine rings is 1. The van der Waals surface area contributed by atoms with Crippen molar-refractivity contribution >= 4 is 40.9 Å². The summed E-state index contributed by atoms with van der Waals surface area (Å²) < 4.78 is 1.18. The van der Waals surface area contributed by atoms with Gasteiger partial charge < -0.3 is 10.2 Å². The van der Waals surface area contributed by atoms with E-state index in [9.17, 15) is 4.79 Å². The monoisotopic (exact) mass is 366 g/mol. The van der Waals surface area contributed by atoms with E-state index in [1.807, 2.05) is 23.1 Å². The summed E-state index contributed by atoms with van der Waals surface area (Å²) in [6.07, 6.45) is 0.525.